The molecule has 0 bridgehead atoms. The van der Waals surface area contributed by atoms with Crippen molar-refractivity contribution in [2.45, 2.75) is 38.8 Å². The number of amides is 1. The van der Waals surface area contributed by atoms with Crippen molar-refractivity contribution in [1.82, 2.24) is 5.32 Å². The van der Waals surface area contributed by atoms with Crippen LogP contribution in [0.5, 0.6) is 0 Å². The summed E-state index contributed by atoms with van der Waals surface area (Å²) in [5.74, 6) is -1.32. The van der Waals surface area contributed by atoms with Gasteiger partial charge in [0.2, 0.25) is 5.91 Å². The van der Waals surface area contributed by atoms with Crippen molar-refractivity contribution < 1.29 is 19.4 Å². The van der Waals surface area contributed by atoms with Crippen LogP contribution in [0.4, 0.5) is 0 Å². The molecule has 1 aliphatic rings. The van der Waals surface area contributed by atoms with Crippen LogP contribution in [0.25, 0.3) is 0 Å². The number of aliphatic carboxylic acids is 1. The summed E-state index contributed by atoms with van der Waals surface area (Å²) in [7, 11) is 0. The molecule has 3 atom stereocenters. The highest BCUT2D eigenvalue weighted by molar-refractivity contribution is 5.87. The highest BCUT2D eigenvalue weighted by Gasteiger charge is 2.48. The molecule has 0 saturated carbocycles. The minimum absolute atomic E-state index is 0.0979. The van der Waals surface area contributed by atoms with Crippen molar-refractivity contribution in [3.05, 3.63) is 0 Å². The van der Waals surface area contributed by atoms with E-state index in [2.05, 4.69) is 5.32 Å². The number of rotatable bonds is 4. The van der Waals surface area contributed by atoms with Crippen LogP contribution in [0.2, 0.25) is 0 Å². The second-order valence-electron chi connectivity index (χ2n) is 5.03. The van der Waals surface area contributed by atoms with Gasteiger partial charge in [-0.15, -0.1) is 0 Å². The normalized spacial score (nSPS) is 31.9. The molecule has 3 unspecified atom stereocenters. The molecular weight excluding hydrogens is 224 g/mol. The van der Waals surface area contributed by atoms with Gasteiger partial charge in [0.15, 0.2) is 0 Å². The number of ether oxygens (including phenoxy) is 1. The fourth-order valence-electron chi connectivity index (χ4n) is 1.57. The summed E-state index contributed by atoms with van der Waals surface area (Å²) in [6.45, 7) is 5.29. The maximum Gasteiger partial charge on any atom is 0.313 e. The second-order valence-corrected chi connectivity index (χ2v) is 5.03. The minimum atomic E-state index is -1.08. The lowest BCUT2D eigenvalue weighted by atomic mass is 9.84. The van der Waals surface area contributed by atoms with Crippen LogP contribution < -0.4 is 11.1 Å². The number of nitrogens with two attached hydrogens (primary N) is 1. The highest BCUT2D eigenvalue weighted by Crippen LogP contribution is 2.29. The molecule has 17 heavy (non-hydrogen) atoms. The van der Waals surface area contributed by atoms with E-state index >= 15 is 0 Å². The molecule has 98 valence electrons. The first-order valence-electron chi connectivity index (χ1n) is 5.65. The van der Waals surface area contributed by atoms with Crippen molar-refractivity contribution in [2.75, 3.05) is 13.2 Å². The number of hydrogen-bond acceptors (Lipinski definition) is 4. The van der Waals surface area contributed by atoms with Crippen molar-refractivity contribution in [2.24, 2.45) is 11.1 Å². The molecule has 0 aromatic heterocycles. The molecule has 0 aliphatic carbocycles. The van der Waals surface area contributed by atoms with Gasteiger partial charge in [0, 0.05) is 0 Å². The summed E-state index contributed by atoms with van der Waals surface area (Å²) < 4.78 is 5.14. The summed E-state index contributed by atoms with van der Waals surface area (Å²) >= 11 is 0. The van der Waals surface area contributed by atoms with E-state index in [-0.39, 0.29) is 19.1 Å². The fourth-order valence-corrected chi connectivity index (χ4v) is 1.57. The van der Waals surface area contributed by atoms with Gasteiger partial charge in [-0.2, -0.15) is 0 Å². The first-order chi connectivity index (χ1) is 7.74. The molecule has 1 fully saturated rings. The molecular formula is C11H20N2O4. The maximum atomic E-state index is 11.9. The zero-order valence-corrected chi connectivity index (χ0v) is 10.4. The van der Waals surface area contributed by atoms with Gasteiger partial charge < -0.3 is 20.9 Å². The smallest absolute Gasteiger partial charge is 0.313 e. The Morgan fingerprint density at radius 1 is 1.65 bits per heavy atom. The van der Waals surface area contributed by atoms with Crippen molar-refractivity contribution in [1.29, 1.82) is 0 Å². The summed E-state index contributed by atoms with van der Waals surface area (Å²) in [5, 5.41) is 11.8. The van der Waals surface area contributed by atoms with E-state index in [1.54, 1.807) is 20.8 Å². The zero-order valence-electron chi connectivity index (χ0n) is 10.4. The molecule has 1 saturated heterocycles. The van der Waals surface area contributed by atoms with E-state index < -0.39 is 23.0 Å². The quantitative estimate of drug-likeness (QED) is 0.631. The van der Waals surface area contributed by atoms with Crippen LogP contribution in [-0.4, -0.2) is 41.8 Å². The molecule has 6 nitrogen and oxygen atoms in total. The number of carboxylic acid groups (broad SMARTS) is 1. The Balaban J connectivity index is 2.75. The SMILES string of the molecule is CCC(C)(N)C(=O)NC1COCC1(C)C(=O)O. The summed E-state index contributed by atoms with van der Waals surface area (Å²) in [5.41, 5.74) is 3.73. The molecule has 1 heterocycles. The molecule has 4 N–H and O–H groups in total. The van der Waals surface area contributed by atoms with Crippen LogP contribution in [0.3, 0.4) is 0 Å². The number of nitrogens with one attached hydrogen (secondary N) is 1. The largest absolute Gasteiger partial charge is 0.481 e. The van der Waals surface area contributed by atoms with Crippen LogP contribution in [0.1, 0.15) is 27.2 Å². The Kier molecular flexibility index (Phi) is 3.78. The first-order valence-corrected chi connectivity index (χ1v) is 5.65. The Bertz CT molecular complexity index is 329. The molecule has 0 radical (unpaired) electrons. The molecule has 1 amide bonds. The minimum Gasteiger partial charge on any atom is -0.481 e. The summed E-state index contributed by atoms with van der Waals surface area (Å²) in [6.07, 6.45) is 0.482. The van der Waals surface area contributed by atoms with Gasteiger partial charge in [-0.3, -0.25) is 9.59 Å². The van der Waals surface area contributed by atoms with Gasteiger partial charge in [0.1, 0.15) is 5.41 Å². The number of hydrogen-bond donors (Lipinski definition) is 3. The predicted molar refractivity (Wildman–Crippen MR) is 61.4 cm³/mol. The summed E-state index contributed by atoms with van der Waals surface area (Å²) in [6, 6.07) is -0.540. The number of carbonyl (C=O) groups excluding carboxylic acids is 1. The lowest BCUT2D eigenvalue weighted by Crippen LogP contribution is -2.58. The molecule has 0 aromatic rings. The third kappa shape index (κ3) is 2.58. The van der Waals surface area contributed by atoms with Crippen LogP contribution >= 0.6 is 0 Å². The van der Waals surface area contributed by atoms with Gasteiger partial charge >= 0.3 is 5.97 Å². The van der Waals surface area contributed by atoms with E-state index in [0.717, 1.165) is 0 Å². The van der Waals surface area contributed by atoms with Crippen LogP contribution in [0.15, 0.2) is 0 Å². The lowest BCUT2D eigenvalue weighted by Gasteiger charge is -2.29. The van der Waals surface area contributed by atoms with E-state index in [9.17, 15) is 9.59 Å². The predicted octanol–water partition coefficient (Wildman–Crippen LogP) is -0.280. The third-order valence-corrected chi connectivity index (χ3v) is 3.50. The molecule has 1 aliphatic heterocycles. The average Bonchev–Trinajstić information content (AvgIpc) is 2.61. The van der Waals surface area contributed by atoms with Gasteiger partial charge in [0.25, 0.3) is 0 Å². The molecule has 0 spiro atoms. The number of carbonyl (C=O) groups is 2. The summed E-state index contributed by atoms with van der Waals surface area (Å²) in [4.78, 5) is 23.0. The number of carboxylic acids is 1. The maximum absolute atomic E-state index is 11.9. The molecule has 0 aromatic carbocycles. The highest BCUT2D eigenvalue weighted by atomic mass is 16.5. The van der Waals surface area contributed by atoms with Gasteiger partial charge in [-0.25, -0.2) is 0 Å². The topological polar surface area (TPSA) is 102 Å². The second kappa shape index (κ2) is 4.62. The molecule has 6 heteroatoms. The van der Waals surface area contributed by atoms with Gasteiger partial charge in [0.05, 0.1) is 24.8 Å². The van der Waals surface area contributed by atoms with Crippen LogP contribution in [0, 0.1) is 5.41 Å². The van der Waals surface area contributed by atoms with Gasteiger partial charge in [-0.05, 0) is 20.3 Å². The molecule has 1 rings (SSSR count). The van der Waals surface area contributed by atoms with E-state index in [1.807, 2.05) is 0 Å². The van der Waals surface area contributed by atoms with Crippen LogP contribution in [-0.2, 0) is 14.3 Å². The van der Waals surface area contributed by atoms with E-state index in [0.29, 0.717) is 6.42 Å². The zero-order chi connectivity index (χ0) is 13.3. The standard InChI is InChI=1S/C11H20N2O4/c1-4-11(3,12)8(14)13-7-5-17-6-10(7,2)9(15)16/h7H,4-6,12H2,1-3H3,(H,13,14)(H,15,16). The Hall–Kier alpha value is -1.14. The fraction of sp³-hybridized carbons (Fsp3) is 0.818. The van der Waals surface area contributed by atoms with Crippen molar-refractivity contribution in [3.63, 3.8) is 0 Å². The first kappa shape index (κ1) is 13.9. The van der Waals surface area contributed by atoms with E-state index in [1.165, 1.54) is 0 Å². The van der Waals surface area contributed by atoms with Crippen molar-refractivity contribution >= 4 is 11.9 Å². The Labute approximate surface area is 101 Å². The monoisotopic (exact) mass is 244 g/mol. The third-order valence-electron chi connectivity index (χ3n) is 3.50. The lowest BCUT2D eigenvalue weighted by molar-refractivity contribution is -0.149. The van der Waals surface area contributed by atoms with Gasteiger partial charge in [-0.1, -0.05) is 6.92 Å². The van der Waals surface area contributed by atoms with E-state index in [4.69, 9.17) is 15.6 Å². The Morgan fingerprint density at radius 2 is 2.24 bits per heavy atom. The van der Waals surface area contributed by atoms with Crippen molar-refractivity contribution in [3.8, 4) is 0 Å². The average molecular weight is 244 g/mol. The Morgan fingerprint density at radius 3 is 2.71 bits per heavy atom.